The van der Waals surface area contributed by atoms with Crippen LogP contribution in [0, 0.1) is 6.57 Å². The monoisotopic (exact) mass is 805 g/mol. The molecule has 3 heterocycles. The van der Waals surface area contributed by atoms with Crippen molar-refractivity contribution in [2.45, 2.75) is 0 Å². The average Bonchev–Trinajstić information content (AvgIpc) is 3.70. The SMILES string of the molecule is [C-]#[N+]c1ccc(-c2ccc3c(c2)c2ccccc2n3-c2ccc(-c3cc(-c4ccccc4)nc(-c4ccccc4)n3)cc2-c2nc(-c3ccccc3)nc(-c3ccccc3)n2)cc1. The Morgan fingerprint density at radius 3 is 1.41 bits per heavy atom. The zero-order valence-corrected chi connectivity index (χ0v) is 33.8. The van der Waals surface area contributed by atoms with Crippen LogP contribution < -0.4 is 0 Å². The van der Waals surface area contributed by atoms with E-state index < -0.39 is 0 Å². The Hall–Kier alpha value is -8.86. The second-order valence-corrected chi connectivity index (χ2v) is 15.2. The largest absolute Gasteiger partial charge is 0.309 e. The van der Waals surface area contributed by atoms with Crippen LogP contribution in [0.15, 0.2) is 212 Å². The highest BCUT2D eigenvalue weighted by molar-refractivity contribution is 6.11. The summed E-state index contributed by atoms with van der Waals surface area (Å²) >= 11 is 0. The van der Waals surface area contributed by atoms with Gasteiger partial charge in [-0.3, -0.25) is 0 Å². The molecule has 0 aliphatic heterocycles. The quantitative estimate of drug-likeness (QED) is 0.143. The molecule has 0 fully saturated rings. The molecule has 0 N–H and O–H groups in total. The number of hydrogen-bond acceptors (Lipinski definition) is 5. The first-order valence-electron chi connectivity index (χ1n) is 20.7. The Labute approximate surface area is 364 Å². The predicted molar refractivity (Wildman–Crippen MR) is 254 cm³/mol. The van der Waals surface area contributed by atoms with Crippen LogP contribution in [0.1, 0.15) is 0 Å². The molecule has 63 heavy (non-hydrogen) atoms. The van der Waals surface area contributed by atoms with Gasteiger partial charge in [-0.2, -0.15) is 0 Å². The van der Waals surface area contributed by atoms with Crippen LogP contribution in [-0.2, 0) is 0 Å². The van der Waals surface area contributed by atoms with E-state index in [1.54, 1.807) is 0 Å². The molecule has 3 aromatic heterocycles. The lowest BCUT2D eigenvalue weighted by Gasteiger charge is -2.17. The molecule has 11 rings (SSSR count). The molecule has 8 aromatic carbocycles. The maximum Gasteiger partial charge on any atom is 0.187 e. The maximum absolute atomic E-state index is 7.45. The van der Waals surface area contributed by atoms with Gasteiger partial charge in [0.2, 0.25) is 0 Å². The number of fused-ring (bicyclic) bond motifs is 3. The summed E-state index contributed by atoms with van der Waals surface area (Å²) in [5, 5.41) is 2.22. The number of para-hydroxylation sites is 1. The standard InChI is InChI=1S/C56H35N7/c1-57-44-30-26-37(27-31-44)42-28-32-51-46(34-42)45-24-14-15-25-50(45)63(51)52-33-29-43(49-36-48(38-16-6-2-7-17-38)58-53(59-49)39-18-8-3-9-19-39)35-47(52)56-61-54(40-20-10-4-11-21-40)60-55(62-56)41-22-12-5-13-23-41/h2-36H. The van der Waals surface area contributed by atoms with Gasteiger partial charge in [0, 0.05) is 44.2 Å². The fraction of sp³-hybridized carbons (Fsp3) is 0. The zero-order valence-electron chi connectivity index (χ0n) is 33.8. The molecule has 0 amide bonds. The molecule has 0 aliphatic carbocycles. The Morgan fingerprint density at radius 2 is 0.810 bits per heavy atom. The predicted octanol–water partition coefficient (Wildman–Crippen LogP) is 14.0. The van der Waals surface area contributed by atoms with Gasteiger partial charge in [0.25, 0.3) is 0 Å². The van der Waals surface area contributed by atoms with Gasteiger partial charge in [-0.1, -0.05) is 176 Å². The summed E-state index contributed by atoms with van der Waals surface area (Å²) in [6.07, 6.45) is 0. The lowest BCUT2D eigenvalue weighted by atomic mass is 10.0. The van der Waals surface area contributed by atoms with E-state index in [1.165, 1.54) is 0 Å². The van der Waals surface area contributed by atoms with Gasteiger partial charge < -0.3 is 4.57 Å². The Morgan fingerprint density at radius 1 is 0.333 bits per heavy atom. The van der Waals surface area contributed by atoms with Crippen molar-refractivity contribution < 1.29 is 0 Å². The first-order valence-corrected chi connectivity index (χ1v) is 20.7. The summed E-state index contributed by atoms with van der Waals surface area (Å²) in [6, 6.07) is 71.8. The summed E-state index contributed by atoms with van der Waals surface area (Å²) in [5.74, 6) is 2.32. The Kier molecular flexibility index (Phi) is 9.41. The molecular formula is C56H35N7. The number of benzene rings is 8. The topological polar surface area (TPSA) is 73.7 Å². The van der Waals surface area contributed by atoms with E-state index in [1.807, 2.05) is 133 Å². The smallest absolute Gasteiger partial charge is 0.187 e. The molecule has 11 aromatic rings. The van der Waals surface area contributed by atoms with Gasteiger partial charge in [0.15, 0.2) is 29.0 Å². The van der Waals surface area contributed by atoms with Crippen LogP contribution in [0.2, 0.25) is 0 Å². The van der Waals surface area contributed by atoms with E-state index in [9.17, 15) is 0 Å². The van der Waals surface area contributed by atoms with Gasteiger partial charge in [0.1, 0.15) is 0 Å². The average molecular weight is 806 g/mol. The third kappa shape index (κ3) is 7.08. The van der Waals surface area contributed by atoms with Crippen molar-refractivity contribution in [2.24, 2.45) is 0 Å². The third-order valence-electron chi connectivity index (χ3n) is 11.3. The van der Waals surface area contributed by atoms with Crippen LogP contribution >= 0.6 is 0 Å². The number of nitrogens with zero attached hydrogens (tertiary/aromatic N) is 7. The van der Waals surface area contributed by atoms with Crippen LogP contribution in [0.3, 0.4) is 0 Å². The molecule has 0 saturated carbocycles. The minimum absolute atomic E-state index is 0.530. The van der Waals surface area contributed by atoms with Crippen molar-refractivity contribution >= 4 is 27.5 Å². The zero-order chi connectivity index (χ0) is 42.1. The van der Waals surface area contributed by atoms with E-state index in [2.05, 4.69) is 88.3 Å². The molecule has 0 aliphatic rings. The molecule has 7 nitrogen and oxygen atoms in total. The maximum atomic E-state index is 7.45. The summed E-state index contributed by atoms with van der Waals surface area (Å²) in [5.41, 5.74) is 12.7. The molecular weight excluding hydrogens is 771 g/mol. The van der Waals surface area contributed by atoms with Crippen LogP contribution in [-0.4, -0.2) is 29.5 Å². The van der Waals surface area contributed by atoms with E-state index in [0.717, 1.165) is 83.4 Å². The third-order valence-corrected chi connectivity index (χ3v) is 11.3. The first-order chi connectivity index (χ1) is 31.2. The van der Waals surface area contributed by atoms with Crippen LogP contribution in [0.25, 0.3) is 112 Å². The molecule has 294 valence electrons. The fourth-order valence-corrected chi connectivity index (χ4v) is 8.21. The molecule has 0 bridgehead atoms. The van der Waals surface area contributed by atoms with Crippen LogP contribution in [0.5, 0.6) is 0 Å². The van der Waals surface area contributed by atoms with Crippen molar-refractivity contribution in [2.75, 3.05) is 0 Å². The highest BCUT2D eigenvalue weighted by Crippen LogP contribution is 2.40. The van der Waals surface area contributed by atoms with Crippen molar-refractivity contribution in [3.63, 3.8) is 0 Å². The minimum Gasteiger partial charge on any atom is -0.309 e. The normalized spacial score (nSPS) is 11.2. The highest BCUT2D eigenvalue weighted by atomic mass is 15.1. The Balaban J connectivity index is 1.18. The summed E-state index contributed by atoms with van der Waals surface area (Å²) < 4.78 is 2.31. The molecule has 0 saturated heterocycles. The highest BCUT2D eigenvalue weighted by Gasteiger charge is 2.22. The van der Waals surface area contributed by atoms with E-state index in [0.29, 0.717) is 29.0 Å². The lowest BCUT2D eigenvalue weighted by Crippen LogP contribution is -2.04. The van der Waals surface area contributed by atoms with Crippen LogP contribution in [0.4, 0.5) is 5.69 Å². The van der Waals surface area contributed by atoms with E-state index in [-0.39, 0.29) is 0 Å². The Bertz CT molecular complexity index is 3370. The summed E-state index contributed by atoms with van der Waals surface area (Å²) in [6.45, 7) is 7.45. The van der Waals surface area contributed by atoms with Crippen molar-refractivity contribution in [1.29, 1.82) is 0 Å². The molecule has 0 unspecified atom stereocenters. The number of hydrogen-bond donors (Lipinski definition) is 0. The molecule has 0 atom stereocenters. The molecule has 0 spiro atoms. The molecule has 0 radical (unpaired) electrons. The molecule has 7 heteroatoms. The van der Waals surface area contributed by atoms with Crippen molar-refractivity contribution in [3.05, 3.63) is 224 Å². The van der Waals surface area contributed by atoms with E-state index >= 15 is 0 Å². The second-order valence-electron chi connectivity index (χ2n) is 15.2. The number of aromatic nitrogens is 6. The lowest BCUT2D eigenvalue weighted by molar-refractivity contribution is 1.06. The van der Waals surface area contributed by atoms with Gasteiger partial charge in [-0.05, 0) is 47.5 Å². The summed E-state index contributed by atoms with van der Waals surface area (Å²) in [4.78, 5) is 29.5. The fourth-order valence-electron chi connectivity index (χ4n) is 8.21. The second kappa shape index (κ2) is 16.0. The van der Waals surface area contributed by atoms with Gasteiger partial charge in [-0.15, -0.1) is 0 Å². The van der Waals surface area contributed by atoms with Gasteiger partial charge >= 0.3 is 0 Å². The van der Waals surface area contributed by atoms with Crippen molar-refractivity contribution in [3.8, 4) is 84.9 Å². The first kappa shape index (κ1) is 37.2. The van der Waals surface area contributed by atoms with Crippen molar-refractivity contribution in [1.82, 2.24) is 29.5 Å². The minimum atomic E-state index is 0.530. The van der Waals surface area contributed by atoms with Gasteiger partial charge in [-0.25, -0.2) is 29.8 Å². The van der Waals surface area contributed by atoms with Gasteiger partial charge in [0.05, 0.1) is 34.7 Å². The summed E-state index contributed by atoms with van der Waals surface area (Å²) in [7, 11) is 0. The van der Waals surface area contributed by atoms with E-state index in [4.69, 9.17) is 31.5 Å². The number of rotatable bonds is 8.